The average Bonchev–Trinajstić information content (AvgIpc) is 2.19. The summed E-state index contributed by atoms with van der Waals surface area (Å²) in [6, 6.07) is 0. The molecule has 0 N–H and O–H groups in total. The second-order valence-electron chi connectivity index (χ2n) is 4.20. The van der Waals surface area contributed by atoms with Gasteiger partial charge in [0.1, 0.15) is 0 Å². The predicted octanol–water partition coefficient (Wildman–Crippen LogP) is 5.64. The summed E-state index contributed by atoms with van der Waals surface area (Å²) >= 11 is 0. The lowest BCUT2D eigenvalue weighted by Crippen LogP contribution is -2.03. The van der Waals surface area contributed by atoms with Crippen LogP contribution in [-0.2, 0) is 0 Å². The summed E-state index contributed by atoms with van der Waals surface area (Å²) in [4.78, 5) is 0. The Morgan fingerprint density at radius 1 is 0.812 bits per heavy atom. The van der Waals surface area contributed by atoms with Crippen LogP contribution in [0, 0.1) is 0 Å². The monoisotopic (exact) mass is 236 g/mol. The fraction of sp³-hybridized carbons (Fsp3) is 0.846. The van der Waals surface area contributed by atoms with E-state index in [2.05, 4.69) is 6.92 Å². The number of hydrogen-bond donors (Lipinski definition) is 0. The van der Waals surface area contributed by atoms with Gasteiger partial charge in [-0.1, -0.05) is 57.6 Å². The number of rotatable bonds is 9. The van der Waals surface area contributed by atoms with Crippen molar-refractivity contribution >= 4 is 0 Å². The summed E-state index contributed by atoms with van der Waals surface area (Å²) < 4.78 is 35.3. The summed E-state index contributed by atoms with van der Waals surface area (Å²) in [5.74, 6) is 0. The van der Waals surface area contributed by atoms with Gasteiger partial charge in [-0.25, -0.2) is 0 Å². The normalized spacial score (nSPS) is 12.5. The molecular weight excluding hydrogens is 213 g/mol. The van der Waals surface area contributed by atoms with E-state index in [1.807, 2.05) is 0 Å². The van der Waals surface area contributed by atoms with E-state index in [-0.39, 0.29) is 0 Å². The van der Waals surface area contributed by atoms with E-state index >= 15 is 0 Å². The Bertz CT molecular complexity index is 171. The first kappa shape index (κ1) is 15.5. The molecule has 0 radical (unpaired) electrons. The molecule has 0 nitrogen and oxygen atoms in total. The molecule has 3 heteroatoms. The fourth-order valence-electron chi connectivity index (χ4n) is 1.55. The van der Waals surface area contributed by atoms with E-state index in [1.54, 1.807) is 6.08 Å². The van der Waals surface area contributed by atoms with Crippen LogP contribution < -0.4 is 0 Å². The fourth-order valence-corrected chi connectivity index (χ4v) is 1.55. The molecule has 0 bridgehead atoms. The Hall–Kier alpha value is -0.470. The Morgan fingerprint density at radius 2 is 1.38 bits per heavy atom. The summed E-state index contributed by atoms with van der Waals surface area (Å²) in [6.45, 7) is 2.19. The molecule has 0 aromatic carbocycles. The van der Waals surface area contributed by atoms with Crippen molar-refractivity contribution in [2.24, 2.45) is 0 Å². The molecule has 0 aliphatic carbocycles. The molecule has 0 unspecified atom stereocenters. The van der Waals surface area contributed by atoms with Gasteiger partial charge >= 0.3 is 6.18 Å². The quantitative estimate of drug-likeness (QED) is 0.359. The van der Waals surface area contributed by atoms with Crippen molar-refractivity contribution in [3.8, 4) is 0 Å². The topological polar surface area (TPSA) is 0 Å². The molecule has 16 heavy (non-hydrogen) atoms. The highest BCUT2D eigenvalue weighted by Crippen LogP contribution is 2.20. The average molecular weight is 236 g/mol. The van der Waals surface area contributed by atoms with E-state index < -0.39 is 12.6 Å². The third-order valence-corrected chi connectivity index (χ3v) is 2.49. The minimum Gasteiger partial charge on any atom is -0.171 e. The van der Waals surface area contributed by atoms with Crippen LogP contribution in [0.25, 0.3) is 0 Å². The minimum atomic E-state index is -4.04. The Balaban J connectivity index is 3.15. The predicted molar refractivity (Wildman–Crippen MR) is 62.4 cm³/mol. The lowest BCUT2D eigenvalue weighted by atomic mass is 10.1. The molecule has 0 atom stereocenters. The van der Waals surface area contributed by atoms with Gasteiger partial charge in [0.2, 0.25) is 0 Å². The van der Waals surface area contributed by atoms with Gasteiger partial charge in [-0.15, -0.1) is 0 Å². The summed E-state index contributed by atoms with van der Waals surface area (Å²) in [7, 11) is 0. The Morgan fingerprint density at radius 3 is 1.94 bits per heavy atom. The second kappa shape index (κ2) is 9.73. The summed E-state index contributed by atoms with van der Waals surface area (Å²) in [5.41, 5.74) is 0. The highest BCUT2D eigenvalue weighted by Gasteiger charge is 2.24. The van der Waals surface area contributed by atoms with Crippen molar-refractivity contribution in [3.05, 3.63) is 12.2 Å². The van der Waals surface area contributed by atoms with Crippen molar-refractivity contribution in [1.29, 1.82) is 0 Å². The highest BCUT2D eigenvalue weighted by atomic mass is 19.4. The Labute approximate surface area is 96.9 Å². The van der Waals surface area contributed by atoms with Crippen molar-refractivity contribution in [2.75, 3.05) is 0 Å². The summed E-state index contributed by atoms with van der Waals surface area (Å²) in [6.07, 6.45) is 7.31. The Kier molecular flexibility index (Phi) is 9.45. The van der Waals surface area contributed by atoms with Gasteiger partial charge in [-0.3, -0.25) is 0 Å². The molecule has 96 valence electrons. The maximum Gasteiger partial charge on any atom is 0.392 e. The van der Waals surface area contributed by atoms with Gasteiger partial charge in [-0.05, 0) is 12.8 Å². The zero-order valence-electron chi connectivity index (χ0n) is 10.2. The third kappa shape index (κ3) is 13.5. The first-order chi connectivity index (χ1) is 7.56. The van der Waals surface area contributed by atoms with Crippen molar-refractivity contribution in [1.82, 2.24) is 0 Å². The number of unbranched alkanes of at least 4 members (excludes halogenated alkanes) is 7. The van der Waals surface area contributed by atoms with Gasteiger partial charge in [-0.2, -0.15) is 13.2 Å². The molecule has 0 aromatic rings. The van der Waals surface area contributed by atoms with Gasteiger partial charge in [0.05, 0.1) is 6.42 Å². The lowest BCUT2D eigenvalue weighted by Gasteiger charge is -2.01. The molecule has 0 spiro atoms. The smallest absolute Gasteiger partial charge is 0.171 e. The maximum absolute atomic E-state index is 11.8. The second-order valence-corrected chi connectivity index (χ2v) is 4.20. The first-order valence-corrected chi connectivity index (χ1v) is 6.28. The SMILES string of the molecule is CCCCCCCCC/C=C/CC(F)(F)F. The number of allylic oxidation sites excluding steroid dienone is 2. The van der Waals surface area contributed by atoms with Crippen LogP contribution in [0.1, 0.15) is 64.7 Å². The van der Waals surface area contributed by atoms with E-state index in [1.165, 1.54) is 38.2 Å². The van der Waals surface area contributed by atoms with Crippen LogP contribution in [0.5, 0.6) is 0 Å². The largest absolute Gasteiger partial charge is 0.392 e. The minimum absolute atomic E-state index is 0.782. The van der Waals surface area contributed by atoms with E-state index in [9.17, 15) is 13.2 Å². The number of halogens is 3. The molecular formula is C13H23F3. The van der Waals surface area contributed by atoms with Gasteiger partial charge in [0, 0.05) is 0 Å². The van der Waals surface area contributed by atoms with Crippen molar-refractivity contribution < 1.29 is 13.2 Å². The van der Waals surface area contributed by atoms with Crippen LogP contribution in [0.15, 0.2) is 12.2 Å². The standard InChI is InChI=1S/C13H23F3/c1-2-3-4-5-6-7-8-9-10-11-12-13(14,15)16/h10-11H,2-9,12H2,1H3/b11-10+. The van der Waals surface area contributed by atoms with Gasteiger partial charge in [0.25, 0.3) is 0 Å². The zero-order valence-corrected chi connectivity index (χ0v) is 10.2. The van der Waals surface area contributed by atoms with Crippen LogP contribution in [0.3, 0.4) is 0 Å². The molecule has 0 rings (SSSR count). The van der Waals surface area contributed by atoms with Crippen molar-refractivity contribution in [2.45, 2.75) is 70.9 Å². The molecule has 0 heterocycles. The zero-order chi connectivity index (χ0) is 12.3. The van der Waals surface area contributed by atoms with Crippen molar-refractivity contribution in [3.63, 3.8) is 0 Å². The third-order valence-electron chi connectivity index (χ3n) is 2.49. The number of alkyl halides is 3. The molecule has 0 aromatic heterocycles. The van der Waals surface area contributed by atoms with E-state index in [0.29, 0.717) is 0 Å². The van der Waals surface area contributed by atoms with Crippen LogP contribution in [0.2, 0.25) is 0 Å². The number of hydrogen-bond acceptors (Lipinski definition) is 0. The van der Waals surface area contributed by atoms with Crippen LogP contribution in [0.4, 0.5) is 13.2 Å². The highest BCUT2D eigenvalue weighted by molar-refractivity contribution is 4.83. The van der Waals surface area contributed by atoms with Crippen LogP contribution in [-0.4, -0.2) is 6.18 Å². The first-order valence-electron chi connectivity index (χ1n) is 6.28. The maximum atomic E-state index is 11.8. The summed E-state index contributed by atoms with van der Waals surface area (Å²) in [5, 5.41) is 0. The lowest BCUT2D eigenvalue weighted by molar-refractivity contribution is -0.125. The van der Waals surface area contributed by atoms with E-state index in [4.69, 9.17) is 0 Å². The van der Waals surface area contributed by atoms with Gasteiger partial charge in [0.15, 0.2) is 0 Å². The van der Waals surface area contributed by atoms with Gasteiger partial charge < -0.3 is 0 Å². The molecule has 0 fully saturated rings. The molecule has 0 aliphatic heterocycles. The van der Waals surface area contributed by atoms with E-state index in [0.717, 1.165) is 19.3 Å². The van der Waals surface area contributed by atoms with Crippen LogP contribution >= 0.6 is 0 Å². The molecule has 0 saturated heterocycles. The molecule has 0 amide bonds. The molecule has 0 saturated carbocycles. The molecule has 0 aliphatic rings.